The molecule has 156 valence electrons. The number of aliphatic imine (C=N–C) groups is 1. The van der Waals surface area contributed by atoms with E-state index < -0.39 is 11.6 Å². The van der Waals surface area contributed by atoms with Gasteiger partial charge in [0.1, 0.15) is 5.75 Å². The molecule has 0 aromatic heterocycles. The molecular weight excluding hydrogens is 374 g/mol. The number of benzene rings is 2. The van der Waals surface area contributed by atoms with E-state index in [1.807, 2.05) is 19.1 Å². The van der Waals surface area contributed by atoms with E-state index in [2.05, 4.69) is 26.6 Å². The second kappa shape index (κ2) is 9.58. The van der Waals surface area contributed by atoms with E-state index in [0.29, 0.717) is 12.5 Å². The lowest BCUT2D eigenvalue weighted by molar-refractivity contribution is 0.408. The minimum absolute atomic E-state index is 0.399. The molecule has 0 amide bonds. The van der Waals surface area contributed by atoms with Crippen molar-refractivity contribution in [3.8, 4) is 5.75 Å². The Morgan fingerprint density at radius 1 is 1.17 bits per heavy atom. The van der Waals surface area contributed by atoms with Crippen molar-refractivity contribution in [3.05, 3.63) is 59.2 Å². The number of nitrogens with one attached hydrogen (secondary N) is 2. The predicted molar refractivity (Wildman–Crippen MR) is 113 cm³/mol. The van der Waals surface area contributed by atoms with Crippen LogP contribution in [0, 0.1) is 24.5 Å². The molecule has 1 aliphatic heterocycles. The number of hydrogen-bond donors (Lipinski definition) is 2. The maximum Gasteiger partial charge on any atom is 0.191 e. The smallest absolute Gasteiger partial charge is 0.191 e. The van der Waals surface area contributed by atoms with Crippen molar-refractivity contribution in [1.29, 1.82) is 0 Å². The first-order chi connectivity index (χ1) is 14.0. The van der Waals surface area contributed by atoms with Crippen molar-refractivity contribution in [2.75, 3.05) is 38.7 Å². The van der Waals surface area contributed by atoms with E-state index in [1.165, 1.54) is 12.1 Å². The maximum absolute atomic E-state index is 13.5. The molecule has 3 rings (SSSR count). The average Bonchev–Trinajstić information content (AvgIpc) is 3.20. The average molecular weight is 402 g/mol. The lowest BCUT2D eigenvalue weighted by Gasteiger charge is -2.20. The summed E-state index contributed by atoms with van der Waals surface area (Å²) >= 11 is 0. The molecule has 1 saturated heterocycles. The molecule has 0 spiro atoms. The van der Waals surface area contributed by atoms with Gasteiger partial charge in [-0.15, -0.1) is 0 Å². The fraction of sp³-hybridized carbons (Fsp3) is 0.409. The first kappa shape index (κ1) is 20.9. The standard InChI is InChI=1S/C22H28F2N4O/c1-15-4-5-17(21(10-15)29-3)13-27-22(25-2)26-12-16-8-9-28(14-16)18-6-7-19(23)20(24)11-18/h4-7,10-11,16H,8-9,12-14H2,1-3H3,(H2,25,26,27). The number of rotatable bonds is 6. The van der Waals surface area contributed by atoms with Crippen LogP contribution in [0.1, 0.15) is 17.5 Å². The highest BCUT2D eigenvalue weighted by molar-refractivity contribution is 5.79. The minimum Gasteiger partial charge on any atom is -0.496 e. The quantitative estimate of drug-likeness (QED) is 0.574. The number of aryl methyl sites for hydroxylation is 1. The molecule has 1 aliphatic rings. The summed E-state index contributed by atoms with van der Waals surface area (Å²) in [5.41, 5.74) is 2.94. The molecule has 1 unspecified atom stereocenters. The van der Waals surface area contributed by atoms with Crippen LogP contribution in [-0.4, -0.2) is 39.8 Å². The molecule has 7 heteroatoms. The molecule has 0 aliphatic carbocycles. The van der Waals surface area contributed by atoms with Crippen molar-refractivity contribution in [1.82, 2.24) is 10.6 Å². The third kappa shape index (κ3) is 5.37. The van der Waals surface area contributed by atoms with Gasteiger partial charge in [-0.1, -0.05) is 12.1 Å². The fourth-order valence-corrected chi connectivity index (χ4v) is 3.55. The molecule has 5 nitrogen and oxygen atoms in total. The van der Waals surface area contributed by atoms with E-state index in [4.69, 9.17) is 4.74 Å². The Kier molecular flexibility index (Phi) is 6.90. The molecule has 1 heterocycles. The zero-order chi connectivity index (χ0) is 20.8. The Hall–Kier alpha value is -2.83. The number of ether oxygens (including phenoxy) is 1. The number of nitrogens with zero attached hydrogens (tertiary/aromatic N) is 2. The lowest BCUT2D eigenvalue weighted by Crippen LogP contribution is -2.40. The van der Waals surface area contributed by atoms with Gasteiger partial charge in [-0.05, 0) is 43.0 Å². The summed E-state index contributed by atoms with van der Waals surface area (Å²) < 4.78 is 32.1. The largest absolute Gasteiger partial charge is 0.496 e. The van der Waals surface area contributed by atoms with Crippen LogP contribution in [0.15, 0.2) is 41.4 Å². The minimum atomic E-state index is -0.814. The van der Waals surface area contributed by atoms with Gasteiger partial charge in [0.15, 0.2) is 17.6 Å². The van der Waals surface area contributed by atoms with E-state index in [0.717, 1.165) is 54.6 Å². The van der Waals surface area contributed by atoms with Gasteiger partial charge in [0.2, 0.25) is 0 Å². The van der Waals surface area contributed by atoms with Crippen LogP contribution in [0.3, 0.4) is 0 Å². The van der Waals surface area contributed by atoms with Crippen LogP contribution in [0.5, 0.6) is 5.75 Å². The Bertz CT molecular complexity index is 872. The summed E-state index contributed by atoms with van der Waals surface area (Å²) in [4.78, 5) is 6.37. The van der Waals surface area contributed by atoms with E-state index >= 15 is 0 Å². The van der Waals surface area contributed by atoms with Crippen molar-refractivity contribution in [2.24, 2.45) is 10.9 Å². The lowest BCUT2D eigenvalue weighted by atomic mass is 10.1. The Labute approximate surface area is 170 Å². The number of guanidine groups is 1. The molecule has 0 radical (unpaired) electrons. The molecule has 1 fully saturated rings. The second-order valence-corrected chi connectivity index (χ2v) is 7.32. The third-order valence-corrected chi connectivity index (χ3v) is 5.22. The summed E-state index contributed by atoms with van der Waals surface area (Å²) in [6, 6.07) is 10.2. The summed E-state index contributed by atoms with van der Waals surface area (Å²) in [7, 11) is 3.41. The third-order valence-electron chi connectivity index (χ3n) is 5.22. The number of anilines is 1. The number of hydrogen-bond acceptors (Lipinski definition) is 3. The summed E-state index contributed by atoms with van der Waals surface area (Å²) in [6.07, 6.45) is 0.981. The van der Waals surface area contributed by atoms with E-state index in [1.54, 1.807) is 20.2 Å². The monoisotopic (exact) mass is 402 g/mol. The zero-order valence-corrected chi connectivity index (χ0v) is 17.1. The highest BCUT2D eigenvalue weighted by Gasteiger charge is 2.23. The van der Waals surface area contributed by atoms with Gasteiger partial charge in [-0.3, -0.25) is 4.99 Å². The van der Waals surface area contributed by atoms with Gasteiger partial charge in [0.05, 0.1) is 7.11 Å². The van der Waals surface area contributed by atoms with Gasteiger partial charge in [-0.2, -0.15) is 0 Å². The van der Waals surface area contributed by atoms with Crippen LogP contribution >= 0.6 is 0 Å². The first-order valence-electron chi connectivity index (χ1n) is 9.78. The van der Waals surface area contributed by atoms with Crippen molar-refractivity contribution >= 4 is 11.6 Å². The highest BCUT2D eigenvalue weighted by atomic mass is 19.2. The van der Waals surface area contributed by atoms with Crippen molar-refractivity contribution in [2.45, 2.75) is 19.9 Å². The van der Waals surface area contributed by atoms with Gasteiger partial charge >= 0.3 is 0 Å². The normalized spacial score (nSPS) is 16.8. The summed E-state index contributed by atoms with van der Waals surface area (Å²) in [6.45, 7) is 5.01. The zero-order valence-electron chi connectivity index (χ0n) is 17.1. The van der Waals surface area contributed by atoms with Gasteiger partial charge < -0.3 is 20.3 Å². The highest BCUT2D eigenvalue weighted by Crippen LogP contribution is 2.25. The Morgan fingerprint density at radius 3 is 2.72 bits per heavy atom. The fourth-order valence-electron chi connectivity index (χ4n) is 3.55. The summed E-state index contributed by atoms with van der Waals surface area (Å²) in [5.74, 6) is 0.354. The molecule has 1 atom stereocenters. The molecular formula is C22H28F2N4O. The topological polar surface area (TPSA) is 48.9 Å². The van der Waals surface area contributed by atoms with Crippen molar-refractivity contribution < 1.29 is 13.5 Å². The van der Waals surface area contributed by atoms with E-state index in [9.17, 15) is 8.78 Å². The van der Waals surface area contributed by atoms with Gasteiger partial charge in [-0.25, -0.2) is 8.78 Å². The molecule has 2 aromatic carbocycles. The molecule has 0 saturated carbocycles. The SMILES string of the molecule is CN=C(NCc1ccc(C)cc1OC)NCC1CCN(c2ccc(F)c(F)c2)C1. The molecule has 2 aromatic rings. The maximum atomic E-state index is 13.5. The molecule has 29 heavy (non-hydrogen) atoms. The summed E-state index contributed by atoms with van der Waals surface area (Å²) in [5, 5.41) is 6.67. The number of methoxy groups -OCH3 is 1. The van der Waals surface area contributed by atoms with Crippen LogP contribution in [0.4, 0.5) is 14.5 Å². The Balaban J connectivity index is 1.49. The molecule has 2 N–H and O–H groups in total. The van der Waals surface area contributed by atoms with Crippen LogP contribution in [0.25, 0.3) is 0 Å². The van der Waals surface area contributed by atoms with Crippen molar-refractivity contribution in [3.63, 3.8) is 0 Å². The molecule has 0 bridgehead atoms. The van der Waals surface area contributed by atoms with Crippen LogP contribution in [-0.2, 0) is 6.54 Å². The predicted octanol–water partition coefficient (Wildman–Crippen LogP) is 3.47. The number of halogens is 2. The van der Waals surface area contributed by atoms with Crippen LogP contribution in [0.2, 0.25) is 0 Å². The van der Waals surface area contributed by atoms with Gasteiger partial charge in [0, 0.05) is 50.5 Å². The van der Waals surface area contributed by atoms with Gasteiger partial charge in [0.25, 0.3) is 0 Å². The second-order valence-electron chi connectivity index (χ2n) is 7.32. The van der Waals surface area contributed by atoms with E-state index in [-0.39, 0.29) is 0 Å². The Morgan fingerprint density at radius 2 is 2.00 bits per heavy atom. The van der Waals surface area contributed by atoms with Crippen LogP contribution < -0.4 is 20.3 Å². The first-order valence-corrected chi connectivity index (χ1v) is 9.78.